The summed E-state index contributed by atoms with van der Waals surface area (Å²) in [5.74, 6) is 0.757. The molecule has 0 aliphatic rings. The van der Waals surface area contributed by atoms with Crippen LogP contribution < -0.4 is 5.56 Å². The molecule has 0 unspecified atom stereocenters. The lowest BCUT2D eigenvalue weighted by Gasteiger charge is -2.22. The molecule has 0 aliphatic heterocycles. The number of aromatic nitrogens is 7. The van der Waals surface area contributed by atoms with Gasteiger partial charge in [-0.2, -0.15) is 0 Å². The van der Waals surface area contributed by atoms with Crippen molar-refractivity contribution in [3.05, 3.63) is 209 Å². The summed E-state index contributed by atoms with van der Waals surface area (Å²) in [5.41, 5.74) is 16.1. The van der Waals surface area contributed by atoms with E-state index in [4.69, 9.17) is 0 Å². The molecule has 7 rings (SSSR count). The number of nitrogens with zero attached hydrogens (tertiary/aromatic N) is 7. The zero-order valence-electron chi connectivity index (χ0n) is 88.5. The van der Waals surface area contributed by atoms with Gasteiger partial charge in [-0.1, -0.05) is 297 Å². The molecule has 0 fully saturated rings. The maximum Gasteiger partial charge on any atom is 0.261 e. The Morgan fingerprint density at radius 3 is 1.15 bits per heavy atom. The van der Waals surface area contributed by atoms with Crippen molar-refractivity contribution in [2.45, 2.75) is 377 Å². The molecule has 0 saturated carbocycles. The third-order valence-electron chi connectivity index (χ3n) is 19.9. The number of aryl methyl sites for hydroxylation is 3. The number of pyridine rings is 7. The second-order valence-electron chi connectivity index (χ2n) is 50.7. The molecule has 0 saturated heterocycles. The Hall–Kier alpha value is -8.46. The maximum atomic E-state index is 12.4. The SMILES string of the molecule is CC(C)(C)Cn1cccc(C(=O)C(C)(C)C)c1=O.Cc1c(C(=O)C(C)(C)C)ccnc1CC(C)(C)C.Cc1c(CC(C)(C)C)ccnc1C(=O)C(C)(C)C.Cc1c(CC(C)(C)C)cncc1C(=O)C(C)(C)C.Cc1ccc(C(=O)C(C)(C)C)nc1CC(C)(C)C.Cc1cnc(C(=O)C(C)(C)C)cc1CC(C)(C)C.Cc1ncc(C(=O)C(C)(C)C)cc1CC(C)(C)C. The van der Waals surface area contributed by atoms with E-state index < -0.39 is 5.41 Å². The molecule has 126 heavy (non-hydrogen) atoms. The second kappa shape index (κ2) is 44.2. The smallest absolute Gasteiger partial charge is 0.261 e. The summed E-state index contributed by atoms with van der Waals surface area (Å²) in [6, 6.07) is 15.1. The van der Waals surface area contributed by atoms with E-state index in [-0.39, 0.29) is 122 Å². The molecular weight excluding hydrogens is 1560 g/mol. The zero-order valence-corrected chi connectivity index (χ0v) is 88.5. The van der Waals surface area contributed by atoms with Crippen LogP contribution in [0.2, 0.25) is 0 Å². The van der Waals surface area contributed by atoms with Gasteiger partial charge < -0.3 is 4.57 Å². The lowest BCUT2D eigenvalue weighted by Crippen LogP contribution is -2.33. The van der Waals surface area contributed by atoms with E-state index in [9.17, 15) is 38.4 Å². The van der Waals surface area contributed by atoms with E-state index in [1.54, 1.807) is 47.7 Å². The molecule has 700 valence electrons. The molecule has 7 aromatic heterocycles. The molecule has 15 heteroatoms. The van der Waals surface area contributed by atoms with Crippen molar-refractivity contribution in [3.8, 4) is 0 Å². The maximum absolute atomic E-state index is 12.4. The topological polar surface area (TPSA) is 219 Å². The first-order valence-electron chi connectivity index (χ1n) is 45.3. The van der Waals surface area contributed by atoms with Gasteiger partial charge in [0.05, 0.1) is 5.56 Å². The molecule has 7 heterocycles. The lowest BCUT2D eigenvalue weighted by atomic mass is 9.82. The van der Waals surface area contributed by atoms with Crippen LogP contribution in [0.5, 0.6) is 0 Å². The molecule has 0 atom stereocenters. The van der Waals surface area contributed by atoms with E-state index in [1.807, 2.05) is 222 Å². The van der Waals surface area contributed by atoms with Crippen LogP contribution in [0.25, 0.3) is 0 Å². The van der Waals surface area contributed by atoms with Crippen molar-refractivity contribution in [1.82, 2.24) is 34.5 Å². The summed E-state index contributed by atoms with van der Waals surface area (Å²) in [5, 5.41) is 0. The Bertz CT molecular complexity index is 4470. The fourth-order valence-corrected chi connectivity index (χ4v) is 13.0. The van der Waals surface area contributed by atoms with Gasteiger partial charge in [0.25, 0.3) is 5.56 Å². The van der Waals surface area contributed by atoms with Crippen molar-refractivity contribution < 1.29 is 33.6 Å². The van der Waals surface area contributed by atoms with E-state index in [2.05, 4.69) is 189 Å². The highest BCUT2D eigenvalue weighted by atomic mass is 16.2. The van der Waals surface area contributed by atoms with Crippen molar-refractivity contribution in [2.75, 3.05) is 0 Å². The zero-order chi connectivity index (χ0) is 99.0. The van der Waals surface area contributed by atoms with Crippen LogP contribution in [0, 0.1) is 117 Å². The average molecular weight is 1730 g/mol. The number of Topliss-reactive ketones (excluding diaryl/α,β-unsaturated/α-hetero) is 7. The van der Waals surface area contributed by atoms with Gasteiger partial charge in [0.2, 0.25) is 0 Å². The predicted octanol–water partition coefficient (Wildman–Crippen LogP) is 28.4. The normalized spacial score (nSPS) is 12.6. The quantitative estimate of drug-likeness (QED) is 0.0925. The monoisotopic (exact) mass is 1730 g/mol. The summed E-state index contributed by atoms with van der Waals surface area (Å²) in [7, 11) is 0. The molecule has 7 aromatic rings. The Morgan fingerprint density at radius 1 is 0.302 bits per heavy atom. The van der Waals surface area contributed by atoms with E-state index in [1.165, 1.54) is 22.3 Å². The first kappa shape index (κ1) is 116. The molecular formula is C111H173N7O8. The number of rotatable bonds is 14. The average Bonchev–Trinajstić information content (AvgIpc) is 0.837. The van der Waals surface area contributed by atoms with Gasteiger partial charge in [0, 0.05) is 122 Å². The van der Waals surface area contributed by atoms with Crippen LogP contribution in [0.3, 0.4) is 0 Å². The number of carbonyl (C=O) groups is 7. The molecule has 0 N–H and O–H groups in total. The number of carbonyl (C=O) groups excluding carboxylic acids is 7. The Balaban J connectivity index is 0.000000735. The Morgan fingerprint density at radius 2 is 0.706 bits per heavy atom. The second-order valence-corrected chi connectivity index (χ2v) is 50.7. The first-order chi connectivity index (χ1) is 56.1. The van der Waals surface area contributed by atoms with Gasteiger partial charge in [0.15, 0.2) is 40.5 Å². The van der Waals surface area contributed by atoms with Crippen LogP contribution in [0.15, 0.2) is 96.7 Å². The largest absolute Gasteiger partial charge is 0.314 e. The summed E-state index contributed by atoms with van der Waals surface area (Å²) in [4.78, 5) is 124. The molecule has 0 aliphatic carbocycles. The van der Waals surface area contributed by atoms with Gasteiger partial charge in [-0.15, -0.1) is 0 Å². The summed E-state index contributed by atoms with van der Waals surface area (Å²) >= 11 is 0. The minimum Gasteiger partial charge on any atom is -0.314 e. The predicted molar refractivity (Wildman–Crippen MR) is 529 cm³/mol. The molecule has 0 spiro atoms. The fraction of sp³-hybridized carbons (Fsp3) is 0.622. The minimum atomic E-state index is -0.528. The van der Waals surface area contributed by atoms with E-state index in [0.717, 1.165) is 100 Å². The Kier molecular flexibility index (Phi) is 40.6. The van der Waals surface area contributed by atoms with Crippen molar-refractivity contribution in [1.29, 1.82) is 0 Å². The highest BCUT2D eigenvalue weighted by Crippen LogP contribution is 2.35. The van der Waals surface area contributed by atoms with Gasteiger partial charge in [-0.05, 0) is 211 Å². The molecule has 0 aromatic carbocycles. The number of hydrogen-bond acceptors (Lipinski definition) is 14. The van der Waals surface area contributed by atoms with Crippen LogP contribution in [-0.4, -0.2) is 75.0 Å². The minimum absolute atomic E-state index is 0.00717. The summed E-state index contributed by atoms with van der Waals surface area (Å²) < 4.78 is 1.62. The summed E-state index contributed by atoms with van der Waals surface area (Å²) in [6.45, 7) is 99.0. The van der Waals surface area contributed by atoms with Gasteiger partial charge in [0.1, 0.15) is 17.1 Å². The van der Waals surface area contributed by atoms with Gasteiger partial charge in [-0.3, -0.25) is 63.3 Å². The van der Waals surface area contributed by atoms with Crippen LogP contribution >= 0.6 is 0 Å². The van der Waals surface area contributed by atoms with Gasteiger partial charge in [-0.25, -0.2) is 4.98 Å². The third kappa shape index (κ3) is 41.3. The third-order valence-corrected chi connectivity index (χ3v) is 19.9. The first-order valence-corrected chi connectivity index (χ1v) is 45.3. The Labute approximate surface area is 766 Å². The highest BCUT2D eigenvalue weighted by molar-refractivity contribution is 6.03. The van der Waals surface area contributed by atoms with Crippen LogP contribution in [0.4, 0.5) is 0 Å². The van der Waals surface area contributed by atoms with Crippen LogP contribution in [0.1, 0.15) is 431 Å². The molecule has 0 radical (unpaired) electrons. The summed E-state index contributed by atoms with van der Waals surface area (Å²) in [6.07, 6.45) is 18.0. The van der Waals surface area contributed by atoms with Crippen LogP contribution in [-0.2, 0) is 45.1 Å². The molecule has 0 amide bonds. The number of ketones is 7. The molecule has 0 bridgehead atoms. The fourth-order valence-electron chi connectivity index (χ4n) is 13.0. The standard InChI is InChI=1S/6C16H25NO.C15H23NO2/c1-11-12(8-15(2,3)4)9-17-10-13(11)14(18)16(5,6)7;1-11-12(9-15(2,3)4)8-13(10-17-11)14(18)16(5,6)7;1-11-10-17-13(14(18)16(5,6)7)8-12(11)9-15(2,3)4;1-11-12(14(18)16(5,6)7)8-9-17-13(11)10-15(2,3)4;1-11-12(10-15(2,3)4)8-9-17-13(11)14(18)16(5,6)7;1-11-8-9-12(14(18)16(5,6)7)17-13(11)10-15(2,3)4;1-14(2,3)10-16-9-7-8-11(13(16)18)12(17)15(4,5)6/h9-10H,8H2,1-7H3;2*8,10H,9H2,1-7H3;3*8-9H,10H2,1-7H3;7-9H,10H2,1-6H3. The van der Waals surface area contributed by atoms with Crippen molar-refractivity contribution >= 4 is 40.5 Å². The van der Waals surface area contributed by atoms with Gasteiger partial charge >= 0.3 is 0 Å². The molecule has 15 nitrogen and oxygen atoms in total. The highest BCUT2D eigenvalue weighted by Gasteiger charge is 2.34. The van der Waals surface area contributed by atoms with Crippen molar-refractivity contribution in [2.24, 2.45) is 75.8 Å². The number of hydrogen-bond donors (Lipinski definition) is 0. The van der Waals surface area contributed by atoms with E-state index >= 15 is 0 Å². The van der Waals surface area contributed by atoms with Crippen molar-refractivity contribution in [3.63, 3.8) is 0 Å². The van der Waals surface area contributed by atoms with E-state index in [0.29, 0.717) is 23.6 Å². The lowest BCUT2D eigenvalue weighted by molar-refractivity contribution is 0.0846.